The van der Waals surface area contributed by atoms with Crippen molar-refractivity contribution in [3.8, 4) is 0 Å². The number of benzene rings is 2. The molecule has 0 spiro atoms. The second kappa shape index (κ2) is 10.7. The van der Waals surface area contributed by atoms with Crippen molar-refractivity contribution in [3.05, 3.63) is 86.3 Å². The van der Waals surface area contributed by atoms with E-state index in [9.17, 15) is 9.59 Å². The van der Waals surface area contributed by atoms with Gasteiger partial charge < -0.3 is 10.2 Å². The first-order valence-electron chi connectivity index (χ1n) is 11.0. The maximum atomic E-state index is 13.8. The Kier molecular flexibility index (Phi) is 7.68. The Morgan fingerprint density at radius 1 is 1.09 bits per heavy atom. The number of hydrogen-bond acceptors (Lipinski definition) is 4. The summed E-state index contributed by atoms with van der Waals surface area (Å²) in [5.74, 6) is -0.633. The topological polar surface area (TPSA) is 62.3 Å². The van der Waals surface area contributed by atoms with Crippen molar-refractivity contribution in [2.24, 2.45) is 0 Å². The van der Waals surface area contributed by atoms with Crippen molar-refractivity contribution in [1.29, 1.82) is 0 Å². The monoisotopic (exact) mass is 501 g/mol. The summed E-state index contributed by atoms with van der Waals surface area (Å²) in [6.45, 7) is 2.21. The summed E-state index contributed by atoms with van der Waals surface area (Å²) in [5, 5.41) is 3.29. The molecule has 1 heterocycles. The van der Waals surface area contributed by atoms with Crippen LogP contribution < -0.4 is 5.32 Å². The highest BCUT2D eigenvalue weighted by Crippen LogP contribution is 2.33. The molecule has 4 rings (SSSR count). The second-order valence-corrected chi connectivity index (χ2v) is 10.1. The molecular weight excluding hydrogens is 477 g/mol. The third kappa shape index (κ3) is 5.57. The van der Waals surface area contributed by atoms with Crippen LogP contribution in [0.3, 0.4) is 0 Å². The Bertz CT molecular complexity index is 1110. The normalized spacial score (nSPS) is 14.8. The molecule has 1 aliphatic rings. The van der Waals surface area contributed by atoms with E-state index in [1.54, 1.807) is 4.90 Å². The summed E-state index contributed by atoms with van der Waals surface area (Å²) in [6, 6.07) is 16.6. The molecule has 0 saturated heterocycles. The fourth-order valence-electron chi connectivity index (χ4n) is 4.16. The fraction of sp³-hybridized carbons (Fsp3) is 0.320. The first-order valence-corrected chi connectivity index (χ1v) is 12.5. The molecule has 1 saturated carbocycles. The predicted octanol–water partition coefficient (Wildman–Crippen LogP) is 6.20. The molecule has 33 heavy (non-hydrogen) atoms. The number of nitrogens with one attached hydrogen (secondary N) is 1. The molecule has 0 aliphatic heterocycles. The minimum absolute atomic E-state index is 0.0633. The van der Waals surface area contributed by atoms with Crippen LogP contribution in [0.15, 0.2) is 54.6 Å². The predicted molar refractivity (Wildman–Crippen MR) is 133 cm³/mol. The standard InChI is InChI=1S/C25H25Cl2N3O2S/c1-16-11-13-18(14-12-16)22(24(31)28-19-9-5-6-10-19)30(15-17-7-3-2-4-8-17)25(32)21-20(26)23(27)33-29-21/h2-4,7-8,11-14,19,22H,5-6,9-10,15H2,1H3,(H,28,31)/t22-/m0/s1. The van der Waals surface area contributed by atoms with Crippen molar-refractivity contribution in [2.75, 3.05) is 0 Å². The molecule has 1 aliphatic carbocycles. The van der Waals surface area contributed by atoms with E-state index < -0.39 is 11.9 Å². The lowest BCUT2D eigenvalue weighted by molar-refractivity contribution is -0.126. The van der Waals surface area contributed by atoms with Crippen molar-refractivity contribution >= 4 is 46.5 Å². The van der Waals surface area contributed by atoms with Crippen molar-refractivity contribution in [1.82, 2.24) is 14.6 Å². The van der Waals surface area contributed by atoms with E-state index >= 15 is 0 Å². The van der Waals surface area contributed by atoms with E-state index in [1.807, 2.05) is 61.5 Å². The third-order valence-corrected chi connectivity index (χ3v) is 7.52. The SMILES string of the molecule is Cc1ccc([C@@H](C(=O)NC2CCCC2)N(Cc2ccccc2)C(=O)c2nsc(Cl)c2Cl)cc1. The minimum atomic E-state index is -0.838. The van der Waals surface area contributed by atoms with E-state index in [4.69, 9.17) is 23.2 Å². The molecular formula is C25H25Cl2N3O2S. The largest absolute Gasteiger partial charge is 0.351 e. The molecule has 0 bridgehead atoms. The minimum Gasteiger partial charge on any atom is -0.351 e. The lowest BCUT2D eigenvalue weighted by Gasteiger charge is -2.32. The van der Waals surface area contributed by atoms with E-state index in [0.717, 1.165) is 53.9 Å². The Balaban J connectivity index is 1.76. The molecule has 2 amide bonds. The number of aromatic nitrogens is 1. The first-order chi connectivity index (χ1) is 15.9. The second-order valence-electron chi connectivity index (χ2n) is 8.34. The lowest BCUT2D eigenvalue weighted by atomic mass is 10.0. The Morgan fingerprint density at radius 2 is 1.76 bits per heavy atom. The summed E-state index contributed by atoms with van der Waals surface area (Å²) >= 11 is 13.4. The van der Waals surface area contributed by atoms with Gasteiger partial charge in [-0.25, -0.2) is 0 Å². The molecule has 0 radical (unpaired) electrons. The maximum Gasteiger partial charge on any atom is 0.276 e. The number of carbonyl (C=O) groups excluding carboxylic acids is 2. The average molecular weight is 502 g/mol. The van der Waals surface area contributed by atoms with Gasteiger partial charge in [-0.15, -0.1) is 0 Å². The summed E-state index contributed by atoms with van der Waals surface area (Å²) in [7, 11) is 0. The smallest absolute Gasteiger partial charge is 0.276 e. The van der Waals surface area contributed by atoms with Gasteiger partial charge in [0.1, 0.15) is 15.4 Å². The Morgan fingerprint density at radius 3 is 2.36 bits per heavy atom. The zero-order chi connectivity index (χ0) is 23.4. The van der Waals surface area contributed by atoms with Gasteiger partial charge in [-0.2, -0.15) is 4.37 Å². The highest BCUT2D eigenvalue weighted by Gasteiger charge is 2.35. The van der Waals surface area contributed by atoms with Gasteiger partial charge in [-0.1, -0.05) is 96.2 Å². The van der Waals surface area contributed by atoms with Crippen molar-refractivity contribution < 1.29 is 9.59 Å². The number of hydrogen-bond donors (Lipinski definition) is 1. The van der Waals surface area contributed by atoms with E-state index in [-0.39, 0.29) is 33.5 Å². The molecule has 172 valence electrons. The van der Waals surface area contributed by atoms with Crippen LogP contribution in [0.4, 0.5) is 0 Å². The first kappa shape index (κ1) is 23.7. The molecule has 8 heteroatoms. The van der Waals surface area contributed by atoms with Gasteiger partial charge in [0, 0.05) is 12.6 Å². The highest BCUT2D eigenvalue weighted by atomic mass is 35.5. The van der Waals surface area contributed by atoms with Crippen LogP contribution in [0, 0.1) is 6.92 Å². The average Bonchev–Trinajstić information content (AvgIpc) is 3.44. The molecule has 5 nitrogen and oxygen atoms in total. The number of rotatable bonds is 7. The van der Waals surface area contributed by atoms with Gasteiger partial charge in [0.15, 0.2) is 5.69 Å². The van der Waals surface area contributed by atoms with Crippen LogP contribution in [0.5, 0.6) is 0 Å². The van der Waals surface area contributed by atoms with Gasteiger partial charge in [0.2, 0.25) is 5.91 Å². The Hall–Kier alpha value is -2.41. The maximum absolute atomic E-state index is 13.8. The van der Waals surface area contributed by atoms with Gasteiger partial charge >= 0.3 is 0 Å². The molecule has 3 aromatic rings. The molecule has 1 fully saturated rings. The number of amides is 2. The van der Waals surface area contributed by atoms with Gasteiger partial charge in [0.25, 0.3) is 5.91 Å². The zero-order valence-corrected chi connectivity index (χ0v) is 20.6. The molecule has 1 aromatic heterocycles. The summed E-state index contributed by atoms with van der Waals surface area (Å²) < 4.78 is 4.44. The number of carbonyl (C=O) groups is 2. The Labute approximate surface area is 207 Å². The van der Waals surface area contributed by atoms with Crippen LogP contribution in [0.2, 0.25) is 9.36 Å². The molecule has 0 unspecified atom stereocenters. The van der Waals surface area contributed by atoms with Crippen molar-refractivity contribution in [2.45, 2.75) is 51.2 Å². The summed E-state index contributed by atoms with van der Waals surface area (Å²) in [5.41, 5.74) is 2.77. The van der Waals surface area contributed by atoms with Gasteiger partial charge in [0.05, 0.1) is 0 Å². The number of nitrogens with zero attached hydrogens (tertiary/aromatic N) is 2. The third-order valence-electron chi connectivity index (χ3n) is 5.91. The number of halogens is 2. The number of aryl methyl sites for hydroxylation is 1. The molecule has 1 N–H and O–H groups in total. The summed E-state index contributed by atoms with van der Waals surface area (Å²) in [6.07, 6.45) is 4.10. The van der Waals surface area contributed by atoms with Crippen molar-refractivity contribution in [3.63, 3.8) is 0 Å². The highest BCUT2D eigenvalue weighted by molar-refractivity contribution is 7.11. The van der Waals surface area contributed by atoms with Crippen LogP contribution in [-0.4, -0.2) is 27.1 Å². The van der Waals surface area contributed by atoms with E-state index in [1.165, 1.54) is 0 Å². The molecule has 1 atom stereocenters. The summed E-state index contributed by atoms with van der Waals surface area (Å²) in [4.78, 5) is 29.0. The van der Waals surface area contributed by atoms with Crippen LogP contribution in [0.25, 0.3) is 0 Å². The zero-order valence-electron chi connectivity index (χ0n) is 18.3. The molecule has 2 aromatic carbocycles. The van der Waals surface area contributed by atoms with E-state index in [2.05, 4.69) is 9.69 Å². The quantitative estimate of drug-likeness (QED) is 0.419. The van der Waals surface area contributed by atoms with Crippen LogP contribution in [-0.2, 0) is 11.3 Å². The lowest BCUT2D eigenvalue weighted by Crippen LogP contribution is -2.46. The van der Waals surface area contributed by atoms with Gasteiger partial charge in [-0.3, -0.25) is 9.59 Å². The van der Waals surface area contributed by atoms with E-state index in [0.29, 0.717) is 0 Å². The fourth-order valence-corrected chi connectivity index (χ4v) is 5.15. The van der Waals surface area contributed by atoms with Gasteiger partial charge in [-0.05, 0) is 42.4 Å². The van der Waals surface area contributed by atoms with Crippen LogP contribution >= 0.6 is 34.7 Å². The van der Waals surface area contributed by atoms with Crippen LogP contribution in [0.1, 0.15) is 58.9 Å².